The highest BCUT2D eigenvalue weighted by molar-refractivity contribution is 7.89. The van der Waals surface area contributed by atoms with Gasteiger partial charge in [0.25, 0.3) is 0 Å². The van der Waals surface area contributed by atoms with E-state index in [1.54, 1.807) is 0 Å². The fourth-order valence-corrected chi connectivity index (χ4v) is 4.81. The van der Waals surface area contributed by atoms with Gasteiger partial charge in [0, 0.05) is 28.6 Å². The van der Waals surface area contributed by atoms with E-state index in [4.69, 9.17) is 0 Å². The molecule has 0 radical (unpaired) electrons. The molecule has 3 heteroatoms. The molecule has 1 aromatic carbocycles. The van der Waals surface area contributed by atoms with E-state index in [9.17, 15) is 4.21 Å². The Morgan fingerprint density at radius 1 is 1.16 bits per heavy atom. The first-order valence-electron chi connectivity index (χ1n) is 7.22. The van der Waals surface area contributed by atoms with E-state index in [1.165, 1.54) is 23.4 Å². The van der Waals surface area contributed by atoms with Crippen molar-refractivity contribution in [2.45, 2.75) is 37.5 Å². The van der Waals surface area contributed by atoms with E-state index >= 15 is 0 Å². The Morgan fingerprint density at radius 2 is 1.89 bits per heavy atom. The van der Waals surface area contributed by atoms with E-state index in [-0.39, 0.29) is 0 Å². The summed E-state index contributed by atoms with van der Waals surface area (Å²) < 4.78 is 12.8. The maximum Gasteiger partial charge on any atom is 0.0825 e. The molecule has 0 aliphatic carbocycles. The van der Waals surface area contributed by atoms with Gasteiger partial charge in [-0.1, -0.05) is 25.1 Å². The summed E-state index contributed by atoms with van der Waals surface area (Å²) in [4.78, 5) is 4.61. The molecule has 2 aliphatic rings. The highest BCUT2D eigenvalue weighted by Gasteiger charge is 2.30. The van der Waals surface area contributed by atoms with Crippen LogP contribution in [0.4, 0.5) is 0 Å². The minimum atomic E-state index is -0.971. The van der Waals surface area contributed by atoms with Crippen LogP contribution >= 0.6 is 0 Å². The quantitative estimate of drug-likeness (QED) is 0.823. The third-order valence-corrected chi connectivity index (χ3v) is 5.73. The second kappa shape index (κ2) is 5.49. The number of benzene rings is 1. The molecule has 2 nitrogen and oxygen atoms in total. The molecular weight excluding hydrogens is 254 g/mol. The Labute approximate surface area is 118 Å². The molecule has 0 N–H and O–H groups in total. The standard InChI is InChI=1S/C16H21NOS/c1-13-7-5-11-17-12-6-10-15(16(13)17)19(18)14-8-3-2-4-9-14/h2-4,8-9,13H,5-7,10-12H2,1H3. The lowest BCUT2D eigenvalue weighted by Crippen LogP contribution is -2.37. The molecule has 2 aliphatic heterocycles. The summed E-state index contributed by atoms with van der Waals surface area (Å²) in [5.41, 5.74) is 1.39. The summed E-state index contributed by atoms with van der Waals surface area (Å²) in [7, 11) is -0.971. The number of hydrogen-bond acceptors (Lipinski definition) is 2. The molecule has 1 saturated heterocycles. The fraction of sp³-hybridized carbons (Fsp3) is 0.500. The third kappa shape index (κ3) is 2.48. The lowest BCUT2D eigenvalue weighted by molar-refractivity contribution is 0.233. The third-order valence-electron chi connectivity index (χ3n) is 4.17. The monoisotopic (exact) mass is 275 g/mol. The normalized spacial score (nSPS) is 25.1. The number of hydrogen-bond donors (Lipinski definition) is 0. The van der Waals surface area contributed by atoms with Crippen molar-refractivity contribution in [1.29, 1.82) is 0 Å². The highest BCUT2D eigenvalue weighted by atomic mass is 32.2. The fourth-order valence-electron chi connectivity index (χ4n) is 3.27. The van der Waals surface area contributed by atoms with E-state index in [2.05, 4.69) is 11.8 Å². The Hall–Kier alpha value is -1.09. The first-order chi connectivity index (χ1) is 9.27. The van der Waals surface area contributed by atoms with Crippen molar-refractivity contribution in [2.24, 2.45) is 5.92 Å². The number of rotatable bonds is 2. The molecule has 19 heavy (non-hydrogen) atoms. The second-order valence-corrected chi connectivity index (χ2v) is 7.03. The zero-order valence-electron chi connectivity index (χ0n) is 11.5. The first kappa shape index (κ1) is 12.9. The summed E-state index contributed by atoms with van der Waals surface area (Å²) in [6, 6.07) is 9.90. The summed E-state index contributed by atoms with van der Waals surface area (Å²) in [6.07, 6.45) is 4.65. The van der Waals surface area contributed by atoms with Crippen LogP contribution in [0.3, 0.4) is 0 Å². The van der Waals surface area contributed by atoms with Crippen molar-refractivity contribution in [1.82, 2.24) is 4.90 Å². The van der Waals surface area contributed by atoms with Crippen LogP contribution < -0.4 is 0 Å². The Morgan fingerprint density at radius 3 is 2.68 bits per heavy atom. The molecule has 1 fully saturated rings. The average molecular weight is 275 g/mol. The minimum Gasteiger partial charge on any atom is -0.374 e. The van der Waals surface area contributed by atoms with Gasteiger partial charge in [0.2, 0.25) is 0 Å². The molecule has 0 spiro atoms. The number of fused-ring (bicyclic) bond motifs is 1. The van der Waals surface area contributed by atoms with E-state index in [0.29, 0.717) is 5.92 Å². The van der Waals surface area contributed by atoms with E-state index in [0.717, 1.165) is 30.8 Å². The van der Waals surface area contributed by atoms with Gasteiger partial charge >= 0.3 is 0 Å². The SMILES string of the molecule is CC1CCCN2CCCC(S(=O)c3ccccc3)=C12. The van der Waals surface area contributed by atoms with Crippen molar-refractivity contribution < 1.29 is 4.21 Å². The Kier molecular flexibility index (Phi) is 3.74. The molecule has 0 saturated carbocycles. The van der Waals surface area contributed by atoms with Gasteiger partial charge in [0.15, 0.2) is 0 Å². The number of allylic oxidation sites excluding steroid dienone is 2. The van der Waals surface area contributed by atoms with Crippen LogP contribution in [0.15, 0.2) is 45.8 Å². The summed E-state index contributed by atoms with van der Waals surface area (Å²) in [5, 5.41) is 0. The molecule has 2 heterocycles. The maximum atomic E-state index is 12.8. The molecule has 2 atom stereocenters. The van der Waals surface area contributed by atoms with Crippen LogP contribution in [-0.2, 0) is 10.8 Å². The van der Waals surface area contributed by atoms with Gasteiger partial charge in [-0.15, -0.1) is 0 Å². The van der Waals surface area contributed by atoms with Crippen molar-refractivity contribution in [3.05, 3.63) is 40.9 Å². The summed E-state index contributed by atoms with van der Waals surface area (Å²) in [6.45, 7) is 4.58. The van der Waals surface area contributed by atoms with Crippen molar-refractivity contribution >= 4 is 10.8 Å². The van der Waals surface area contributed by atoms with E-state index < -0.39 is 10.8 Å². The van der Waals surface area contributed by atoms with Crippen LogP contribution in [0, 0.1) is 5.92 Å². The predicted molar refractivity (Wildman–Crippen MR) is 79.1 cm³/mol. The average Bonchev–Trinajstić information content (AvgIpc) is 2.47. The molecule has 102 valence electrons. The maximum absolute atomic E-state index is 12.8. The van der Waals surface area contributed by atoms with Crippen LogP contribution in [0.1, 0.15) is 32.6 Å². The van der Waals surface area contributed by atoms with Crippen LogP contribution in [-0.4, -0.2) is 22.2 Å². The molecule has 1 aromatic rings. The zero-order valence-corrected chi connectivity index (χ0v) is 12.3. The number of piperidine rings is 1. The molecule has 3 rings (SSSR count). The Balaban J connectivity index is 1.99. The molecule has 2 unspecified atom stereocenters. The van der Waals surface area contributed by atoms with Crippen molar-refractivity contribution in [2.75, 3.05) is 13.1 Å². The minimum absolute atomic E-state index is 0.566. The van der Waals surface area contributed by atoms with Crippen molar-refractivity contribution in [3.8, 4) is 0 Å². The van der Waals surface area contributed by atoms with Gasteiger partial charge in [-0.3, -0.25) is 0 Å². The summed E-state index contributed by atoms with van der Waals surface area (Å²) in [5.74, 6) is 0.566. The largest absolute Gasteiger partial charge is 0.374 e. The van der Waals surface area contributed by atoms with Gasteiger partial charge in [-0.2, -0.15) is 0 Å². The zero-order chi connectivity index (χ0) is 13.2. The molecule has 0 aromatic heterocycles. The second-order valence-electron chi connectivity index (χ2n) is 5.52. The molecule has 0 amide bonds. The Bertz CT molecular complexity index is 509. The lowest BCUT2D eigenvalue weighted by atomic mass is 9.92. The molecular formula is C16H21NOS. The molecule has 0 bridgehead atoms. The predicted octanol–water partition coefficient (Wildman–Crippen LogP) is 3.53. The lowest BCUT2D eigenvalue weighted by Gasteiger charge is -2.40. The van der Waals surface area contributed by atoms with Gasteiger partial charge < -0.3 is 4.90 Å². The van der Waals surface area contributed by atoms with Crippen LogP contribution in [0.2, 0.25) is 0 Å². The topological polar surface area (TPSA) is 20.3 Å². The van der Waals surface area contributed by atoms with Crippen LogP contribution in [0.5, 0.6) is 0 Å². The summed E-state index contributed by atoms with van der Waals surface area (Å²) >= 11 is 0. The van der Waals surface area contributed by atoms with E-state index in [1.807, 2.05) is 30.3 Å². The van der Waals surface area contributed by atoms with Crippen LogP contribution in [0.25, 0.3) is 0 Å². The smallest absolute Gasteiger partial charge is 0.0825 e. The van der Waals surface area contributed by atoms with Gasteiger partial charge in [-0.25, -0.2) is 4.21 Å². The van der Waals surface area contributed by atoms with Gasteiger partial charge in [0.05, 0.1) is 10.8 Å². The van der Waals surface area contributed by atoms with Gasteiger partial charge in [-0.05, 0) is 43.7 Å². The number of nitrogens with zero attached hydrogens (tertiary/aromatic N) is 1. The highest BCUT2D eigenvalue weighted by Crippen LogP contribution is 2.36. The van der Waals surface area contributed by atoms with Crippen molar-refractivity contribution in [3.63, 3.8) is 0 Å². The van der Waals surface area contributed by atoms with Gasteiger partial charge in [0.1, 0.15) is 0 Å². The first-order valence-corrected chi connectivity index (χ1v) is 8.37.